The normalized spacial score (nSPS) is 13.2. The van der Waals surface area contributed by atoms with Crippen LogP contribution >= 0.6 is 0 Å². The number of urea groups is 1. The maximum atomic E-state index is 11.7. The van der Waals surface area contributed by atoms with Crippen LogP contribution in [0, 0.1) is 0 Å². The molecule has 0 bridgehead atoms. The number of amides is 2. The van der Waals surface area contributed by atoms with Crippen molar-refractivity contribution in [2.45, 2.75) is 25.6 Å². The van der Waals surface area contributed by atoms with Gasteiger partial charge in [-0.15, -0.1) is 0 Å². The van der Waals surface area contributed by atoms with Gasteiger partial charge in [0.05, 0.1) is 12.6 Å². The highest BCUT2D eigenvalue weighted by Crippen LogP contribution is 2.14. The van der Waals surface area contributed by atoms with Crippen LogP contribution in [-0.2, 0) is 9.47 Å². The van der Waals surface area contributed by atoms with Gasteiger partial charge in [0.25, 0.3) is 0 Å². The Hall–Kier alpha value is -1.02. The van der Waals surface area contributed by atoms with Gasteiger partial charge in [-0.25, -0.2) is 4.79 Å². The van der Waals surface area contributed by atoms with E-state index in [0.29, 0.717) is 13.0 Å². The molecule has 2 N–H and O–H groups in total. The first-order chi connectivity index (χ1) is 8.35. The van der Waals surface area contributed by atoms with E-state index >= 15 is 0 Å². The van der Waals surface area contributed by atoms with Crippen molar-refractivity contribution < 1.29 is 27.4 Å². The molecule has 0 aromatic heterocycles. The summed E-state index contributed by atoms with van der Waals surface area (Å²) in [5.41, 5.74) is 0. The number of halogens is 3. The summed E-state index contributed by atoms with van der Waals surface area (Å²) in [4.78, 5) is 11.2. The fourth-order valence-electron chi connectivity index (χ4n) is 1.13. The summed E-state index contributed by atoms with van der Waals surface area (Å²) in [7, 11) is 1.52. The van der Waals surface area contributed by atoms with Gasteiger partial charge >= 0.3 is 12.2 Å². The maximum absolute atomic E-state index is 11.7. The minimum Gasteiger partial charge on any atom is -0.383 e. The number of carbonyl (C=O) groups excluding carboxylic acids is 1. The Morgan fingerprint density at radius 3 is 2.61 bits per heavy atom. The molecule has 18 heavy (non-hydrogen) atoms. The Bertz CT molecular complexity index is 237. The minimum atomic E-state index is -4.31. The Morgan fingerprint density at radius 1 is 1.39 bits per heavy atom. The van der Waals surface area contributed by atoms with Crippen LogP contribution in [0.15, 0.2) is 0 Å². The largest absolute Gasteiger partial charge is 0.411 e. The van der Waals surface area contributed by atoms with Gasteiger partial charge in [0, 0.05) is 20.3 Å². The van der Waals surface area contributed by atoms with Crippen LogP contribution < -0.4 is 10.6 Å². The molecule has 0 saturated carbocycles. The fourth-order valence-corrected chi connectivity index (χ4v) is 1.13. The third-order valence-corrected chi connectivity index (χ3v) is 1.81. The van der Waals surface area contributed by atoms with Crippen LogP contribution in [0.5, 0.6) is 0 Å². The lowest BCUT2D eigenvalue weighted by atomic mass is 10.4. The third-order valence-electron chi connectivity index (χ3n) is 1.81. The van der Waals surface area contributed by atoms with Crippen LogP contribution in [-0.4, -0.2) is 51.7 Å². The molecule has 0 radical (unpaired) electrons. The summed E-state index contributed by atoms with van der Waals surface area (Å²) in [6, 6.07) is -0.508. The quantitative estimate of drug-likeness (QED) is 0.655. The van der Waals surface area contributed by atoms with Gasteiger partial charge in [0.1, 0.15) is 6.61 Å². The average molecular weight is 272 g/mol. The van der Waals surface area contributed by atoms with Gasteiger partial charge in [-0.3, -0.25) is 0 Å². The Balaban J connectivity index is 3.41. The van der Waals surface area contributed by atoms with E-state index in [1.165, 1.54) is 7.11 Å². The Morgan fingerprint density at radius 2 is 2.06 bits per heavy atom. The van der Waals surface area contributed by atoms with E-state index in [1.807, 2.05) is 0 Å². The molecule has 1 unspecified atom stereocenters. The number of alkyl halides is 3. The first-order valence-corrected chi connectivity index (χ1v) is 5.53. The van der Waals surface area contributed by atoms with Gasteiger partial charge in [-0.1, -0.05) is 0 Å². The van der Waals surface area contributed by atoms with Crippen molar-refractivity contribution >= 4 is 6.03 Å². The lowest BCUT2D eigenvalue weighted by Crippen LogP contribution is -2.43. The zero-order valence-corrected chi connectivity index (χ0v) is 10.5. The molecule has 108 valence electrons. The fraction of sp³-hybridized carbons (Fsp3) is 0.900. The first kappa shape index (κ1) is 17.0. The van der Waals surface area contributed by atoms with Crippen molar-refractivity contribution in [2.75, 3.05) is 33.5 Å². The highest BCUT2D eigenvalue weighted by molar-refractivity contribution is 5.74. The van der Waals surface area contributed by atoms with Gasteiger partial charge in [0.15, 0.2) is 0 Å². The molecule has 0 aliphatic carbocycles. The van der Waals surface area contributed by atoms with Crippen LogP contribution in [0.1, 0.15) is 13.3 Å². The molecule has 0 aliphatic rings. The van der Waals surface area contributed by atoms with Gasteiger partial charge < -0.3 is 20.1 Å². The minimum absolute atomic E-state index is 0.0482. The highest BCUT2D eigenvalue weighted by atomic mass is 19.4. The molecule has 0 aromatic carbocycles. The van der Waals surface area contributed by atoms with E-state index in [4.69, 9.17) is 4.74 Å². The van der Waals surface area contributed by atoms with Crippen molar-refractivity contribution in [3.8, 4) is 0 Å². The molecule has 0 aliphatic heterocycles. The molecule has 0 rings (SSSR count). The molecule has 0 spiro atoms. The zero-order valence-electron chi connectivity index (χ0n) is 10.5. The second-order valence-corrected chi connectivity index (χ2v) is 3.78. The number of carbonyl (C=O) groups is 1. The summed E-state index contributed by atoms with van der Waals surface area (Å²) in [5, 5.41) is 5.10. The predicted molar refractivity (Wildman–Crippen MR) is 59.4 cm³/mol. The molecule has 1 atom stereocenters. The summed E-state index contributed by atoms with van der Waals surface area (Å²) in [6.45, 7) is 1.11. The molecule has 8 heteroatoms. The smallest absolute Gasteiger partial charge is 0.383 e. The van der Waals surface area contributed by atoms with Crippen LogP contribution in [0.3, 0.4) is 0 Å². The molecular weight excluding hydrogens is 253 g/mol. The number of rotatable bonds is 8. The van der Waals surface area contributed by atoms with E-state index < -0.39 is 12.8 Å². The van der Waals surface area contributed by atoms with Crippen LogP contribution in [0.2, 0.25) is 0 Å². The zero-order chi connectivity index (χ0) is 14.0. The van der Waals surface area contributed by atoms with Crippen molar-refractivity contribution in [1.29, 1.82) is 0 Å². The highest BCUT2D eigenvalue weighted by Gasteiger charge is 2.27. The molecule has 0 aromatic rings. The lowest BCUT2D eigenvalue weighted by Gasteiger charge is -2.13. The van der Waals surface area contributed by atoms with E-state index in [2.05, 4.69) is 15.4 Å². The topological polar surface area (TPSA) is 59.6 Å². The number of hydrogen-bond donors (Lipinski definition) is 2. The van der Waals surface area contributed by atoms with Crippen molar-refractivity contribution in [3.05, 3.63) is 0 Å². The van der Waals surface area contributed by atoms with E-state index in [0.717, 1.165) is 0 Å². The molecule has 5 nitrogen and oxygen atoms in total. The first-order valence-electron chi connectivity index (χ1n) is 5.53. The van der Waals surface area contributed by atoms with Crippen LogP contribution in [0.25, 0.3) is 0 Å². The second kappa shape index (κ2) is 8.98. The molecule has 2 amide bonds. The van der Waals surface area contributed by atoms with E-state index in [1.54, 1.807) is 6.92 Å². The second-order valence-electron chi connectivity index (χ2n) is 3.78. The third kappa shape index (κ3) is 11.5. The summed E-state index contributed by atoms with van der Waals surface area (Å²) >= 11 is 0. The monoisotopic (exact) mass is 272 g/mol. The van der Waals surface area contributed by atoms with Gasteiger partial charge in [-0.05, 0) is 13.3 Å². The number of methoxy groups -OCH3 is 1. The predicted octanol–water partition coefficient (Wildman–Crippen LogP) is 1.29. The van der Waals surface area contributed by atoms with Crippen molar-refractivity contribution in [2.24, 2.45) is 0 Å². The van der Waals surface area contributed by atoms with Crippen molar-refractivity contribution in [3.63, 3.8) is 0 Å². The van der Waals surface area contributed by atoms with Crippen molar-refractivity contribution in [1.82, 2.24) is 10.6 Å². The maximum Gasteiger partial charge on any atom is 0.411 e. The molecule has 0 heterocycles. The van der Waals surface area contributed by atoms with Crippen LogP contribution in [0.4, 0.5) is 18.0 Å². The molecule has 0 saturated heterocycles. The standard InChI is InChI=1S/C10H19F3N2O3/c1-8(6-17-2)15-9(16)14-4-3-5-18-7-10(11,12)13/h8H,3-7H2,1-2H3,(H2,14,15,16). The summed E-state index contributed by atoms with van der Waals surface area (Å²) in [6.07, 6.45) is -3.98. The molecule has 0 fully saturated rings. The van der Waals surface area contributed by atoms with E-state index in [9.17, 15) is 18.0 Å². The van der Waals surface area contributed by atoms with Gasteiger partial charge in [0.2, 0.25) is 0 Å². The lowest BCUT2D eigenvalue weighted by molar-refractivity contribution is -0.173. The number of ether oxygens (including phenoxy) is 2. The summed E-state index contributed by atoms with van der Waals surface area (Å²) < 4.78 is 44.3. The number of hydrogen-bond acceptors (Lipinski definition) is 3. The number of nitrogens with one attached hydrogen (secondary N) is 2. The summed E-state index contributed by atoms with van der Waals surface area (Å²) in [5.74, 6) is 0. The SMILES string of the molecule is COCC(C)NC(=O)NCCCOCC(F)(F)F. The van der Waals surface area contributed by atoms with Gasteiger partial charge in [-0.2, -0.15) is 13.2 Å². The average Bonchev–Trinajstić information content (AvgIpc) is 2.21. The Labute approximate surface area is 104 Å². The Kier molecular flexibility index (Phi) is 8.47. The molecular formula is C10H19F3N2O3. The van der Waals surface area contributed by atoms with E-state index in [-0.39, 0.29) is 25.2 Å².